The molecule has 2 spiro atoms. The van der Waals surface area contributed by atoms with E-state index in [0.29, 0.717) is 88.7 Å². The molecule has 0 amide bonds. The van der Waals surface area contributed by atoms with Crippen molar-refractivity contribution in [2.45, 2.75) is 11.2 Å². The van der Waals surface area contributed by atoms with Gasteiger partial charge in [0, 0.05) is 54.9 Å². The third-order valence-electron chi connectivity index (χ3n) is 14.0. The smallest absolute Gasteiger partial charge is 0.340 e. The van der Waals surface area contributed by atoms with E-state index in [-0.39, 0.29) is 45.3 Å². The molecule has 0 saturated heterocycles. The summed E-state index contributed by atoms with van der Waals surface area (Å²) < 4.78 is 25.4. The van der Waals surface area contributed by atoms with Gasteiger partial charge < -0.3 is 49.6 Å². The normalized spacial score (nSPS) is 14.7. The Balaban J connectivity index is 0.000000140. The number of carboxylic acids is 2. The van der Waals surface area contributed by atoms with Gasteiger partial charge >= 0.3 is 23.9 Å². The number of phenolic OH excluding ortho intramolecular Hbond substituents is 4. The predicted octanol–water partition coefficient (Wildman–Crippen LogP) is 11.3. The average molecular weight is 953 g/mol. The summed E-state index contributed by atoms with van der Waals surface area (Å²) in [6.45, 7) is 0. The van der Waals surface area contributed by atoms with Crippen molar-refractivity contribution in [1.82, 2.24) is 0 Å². The van der Waals surface area contributed by atoms with Gasteiger partial charge in [-0.25, -0.2) is 19.2 Å². The zero-order valence-corrected chi connectivity index (χ0v) is 37.0. The minimum Gasteiger partial charge on any atom is -0.508 e. The van der Waals surface area contributed by atoms with Crippen molar-refractivity contribution in [3.05, 3.63) is 213 Å². The van der Waals surface area contributed by atoms with Crippen molar-refractivity contribution in [2.75, 3.05) is 0 Å². The SMILES string of the molecule is O=C(O)c1ccc2c(c1)C(=O)OC21c2ccc3cc(O)ccc3c2Oc2c1ccc1cc(O)ccc21.O=C(O)c1ccc2c(c1)C1(OC2=O)c2ccc3cc(O)ccc3c2Oc2c1ccc1cc(O)ccc21. The molecule has 4 aliphatic heterocycles. The van der Waals surface area contributed by atoms with E-state index in [4.69, 9.17) is 18.9 Å². The van der Waals surface area contributed by atoms with E-state index >= 15 is 0 Å². The first-order valence-corrected chi connectivity index (χ1v) is 22.4. The van der Waals surface area contributed by atoms with Gasteiger partial charge in [0.1, 0.15) is 46.0 Å². The highest BCUT2D eigenvalue weighted by molar-refractivity contribution is 6.05. The Labute approximate surface area is 404 Å². The highest BCUT2D eigenvalue weighted by Crippen LogP contribution is 2.61. The molecule has 14 nitrogen and oxygen atoms in total. The number of phenols is 4. The van der Waals surface area contributed by atoms with Gasteiger partial charge in [0.15, 0.2) is 11.2 Å². The summed E-state index contributed by atoms with van der Waals surface area (Å²) in [6, 6.07) is 42.7. The summed E-state index contributed by atoms with van der Waals surface area (Å²) in [4.78, 5) is 49.9. The van der Waals surface area contributed by atoms with Crippen LogP contribution in [0.1, 0.15) is 74.8 Å². The van der Waals surface area contributed by atoms with Gasteiger partial charge in [-0.15, -0.1) is 0 Å². The maximum atomic E-state index is 13.2. The monoisotopic (exact) mass is 952 g/mol. The highest BCUT2D eigenvalue weighted by atomic mass is 16.6. The number of fused-ring (bicyclic) bond motifs is 20. The summed E-state index contributed by atoms with van der Waals surface area (Å²) >= 11 is 0. The summed E-state index contributed by atoms with van der Waals surface area (Å²) in [5.74, 6) is -1.28. The van der Waals surface area contributed by atoms with Crippen molar-refractivity contribution >= 4 is 67.0 Å². The Morgan fingerprint density at radius 2 is 0.681 bits per heavy atom. The largest absolute Gasteiger partial charge is 0.508 e. The number of rotatable bonds is 2. The van der Waals surface area contributed by atoms with Crippen LogP contribution in [-0.2, 0) is 20.7 Å². The van der Waals surface area contributed by atoms with Gasteiger partial charge in [-0.05, 0) is 149 Å². The Hall–Kier alpha value is -10.1. The average Bonchev–Trinajstić information content (AvgIpc) is 3.82. The molecule has 14 rings (SSSR count). The quantitative estimate of drug-likeness (QED) is 0.0887. The van der Waals surface area contributed by atoms with Gasteiger partial charge in [0.05, 0.1) is 22.3 Å². The van der Waals surface area contributed by atoms with Gasteiger partial charge in [-0.3, -0.25) is 0 Å². The van der Waals surface area contributed by atoms with E-state index in [2.05, 4.69) is 0 Å². The number of aromatic hydroxyl groups is 4. The molecular weight excluding hydrogens is 921 g/mol. The molecule has 348 valence electrons. The second-order valence-electron chi connectivity index (χ2n) is 17.9. The summed E-state index contributed by atoms with van der Waals surface area (Å²) in [5.41, 5.74) is 0.791. The third-order valence-corrected chi connectivity index (χ3v) is 14.0. The molecule has 0 fully saturated rings. The Bertz CT molecular complexity index is 3990. The minimum atomic E-state index is -1.46. The maximum absolute atomic E-state index is 13.2. The van der Waals surface area contributed by atoms with Crippen molar-refractivity contribution in [2.24, 2.45) is 0 Å². The van der Waals surface area contributed by atoms with Gasteiger partial charge in [0.2, 0.25) is 0 Å². The van der Waals surface area contributed by atoms with Crippen LogP contribution in [-0.4, -0.2) is 54.5 Å². The lowest BCUT2D eigenvalue weighted by molar-refractivity contribution is 0.0216. The molecule has 0 bridgehead atoms. The van der Waals surface area contributed by atoms with Crippen LogP contribution in [0, 0.1) is 0 Å². The molecule has 10 aromatic rings. The molecule has 0 saturated carbocycles. The molecule has 10 aromatic carbocycles. The van der Waals surface area contributed by atoms with Gasteiger partial charge in [-0.2, -0.15) is 0 Å². The van der Waals surface area contributed by atoms with E-state index in [9.17, 15) is 49.8 Å². The standard InChI is InChI=1S/2C29H16O7/c30-17-4-6-19-14(11-17)1-9-23-25(19)35-26-20-7-5-18(31)12-15(20)2-10-24(26)29(23)22-8-3-16(27(32)33)13-21(22)28(34)36-29;30-17-4-7-19-14(11-17)2-9-22-25(19)35-26-20-8-5-18(31)12-15(20)3-10-23(26)29(22)24-13-16(27(32)33)1-6-21(24)28(34)36-29/h2*1-13,30-31H,(H,32,33). The van der Waals surface area contributed by atoms with Crippen molar-refractivity contribution in [3.8, 4) is 46.0 Å². The van der Waals surface area contributed by atoms with Crippen LogP contribution in [0.4, 0.5) is 0 Å². The highest BCUT2D eigenvalue weighted by Gasteiger charge is 2.56. The first-order valence-electron chi connectivity index (χ1n) is 22.4. The second-order valence-corrected chi connectivity index (χ2v) is 17.9. The lowest BCUT2D eigenvalue weighted by atomic mass is 9.76. The molecule has 0 radical (unpaired) electrons. The van der Waals surface area contributed by atoms with E-state index in [1.165, 1.54) is 30.3 Å². The van der Waals surface area contributed by atoms with Crippen LogP contribution in [0.5, 0.6) is 46.0 Å². The Morgan fingerprint density at radius 3 is 1.07 bits per heavy atom. The minimum absolute atomic E-state index is 0.0155. The predicted molar refractivity (Wildman–Crippen MR) is 260 cm³/mol. The summed E-state index contributed by atoms with van der Waals surface area (Å²) in [6.07, 6.45) is 0. The molecule has 14 heteroatoms. The van der Waals surface area contributed by atoms with Crippen molar-refractivity contribution in [3.63, 3.8) is 0 Å². The molecule has 72 heavy (non-hydrogen) atoms. The van der Waals surface area contributed by atoms with Gasteiger partial charge in [-0.1, -0.05) is 30.3 Å². The molecule has 4 heterocycles. The number of benzene rings is 10. The van der Waals surface area contributed by atoms with Crippen molar-refractivity contribution < 1.29 is 68.8 Å². The number of carboxylic acid groups (broad SMARTS) is 2. The number of carbonyl (C=O) groups is 4. The fourth-order valence-electron chi connectivity index (χ4n) is 10.8. The second kappa shape index (κ2) is 14.7. The zero-order valence-electron chi connectivity index (χ0n) is 37.0. The number of carbonyl (C=O) groups excluding carboxylic acids is 2. The Kier molecular flexibility index (Phi) is 8.60. The van der Waals surface area contributed by atoms with Crippen LogP contribution >= 0.6 is 0 Å². The molecule has 6 N–H and O–H groups in total. The van der Waals surface area contributed by atoms with E-state index in [0.717, 1.165) is 10.8 Å². The topological polar surface area (TPSA) is 227 Å². The van der Waals surface area contributed by atoms with Crippen LogP contribution in [0.3, 0.4) is 0 Å². The van der Waals surface area contributed by atoms with Crippen LogP contribution in [0.15, 0.2) is 158 Å². The third kappa shape index (κ3) is 5.77. The first kappa shape index (κ1) is 42.1. The van der Waals surface area contributed by atoms with Crippen molar-refractivity contribution in [1.29, 1.82) is 0 Å². The van der Waals surface area contributed by atoms with E-state index in [1.54, 1.807) is 115 Å². The Morgan fingerprint density at radius 1 is 0.347 bits per heavy atom. The summed E-state index contributed by atoms with van der Waals surface area (Å²) in [5, 5.41) is 64.9. The first-order chi connectivity index (χ1) is 34.7. The van der Waals surface area contributed by atoms with E-state index in [1.807, 2.05) is 12.1 Å². The molecule has 4 aliphatic rings. The number of aromatic carboxylic acids is 2. The lowest BCUT2D eigenvalue weighted by Gasteiger charge is -2.37. The molecular formula is C58H32O14. The molecule has 0 unspecified atom stereocenters. The number of hydrogen-bond donors (Lipinski definition) is 6. The lowest BCUT2D eigenvalue weighted by Crippen LogP contribution is -2.33. The number of ether oxygens (including phenoxy) is 4. The fraction of sp³-hybridized carbons (Fsp3) is 0.0345. The fourth-order valence-corrected chi connectivity index (χ4v) is 10.8. The number of hydrogen-bond acceptors (Lipinski definition) is 12. The van der Waals surface area contributed by atoms with Crippen LogP contribution in [0.25, 0.3) is 43.1 Å². The van der Waals surface area contributed by atoms with Crippen LogP contribution < -0.4 is 9.47 Å². The molecule has 0 atom stereocenters. The summed E-state index contributed by atoms with van der Waals surface area (Å²) in [7, 11) is 0. The van der Waals surface area contributed by atoms with Gasteiger partial charge in [0.25, 0.3) is 0 Å². The zero-order chi connectivity index (χ0) is 49.5. The van der Waals surface area contributed by atoms with Crippen LogP contribution in [0.2, 0.25) is 0 Å². The number of esters is 2. The molecule has 0 aromatic heterocycles. The maximum Gasteiger partial charge on any atom is 0.340 e. The van der Waals surface area contributed by atoms with E-state index < -0.39 is 35.1 Å². The molecule has 0 aliphatic carbocycles.